The van der Waals surface area contributed by atoms with E-state index in [2.05, 4.69) is 11.7 Å². The van der Waals surface area contributed by atoms with E-state index in [1.165, 1.54) is 25.7 Å². The van der Waals surface area contributed by atoms with Crippen LogP contribution in [-0.2, 0) is 19.1 Å². The Labute approximate surface area is 152 Å². The van der Waals surface area contributed by atoms with Crippen molar-refractivity contribution in [2.24, 2.45) is 0 Å². The lowest BCUT2D eigenvalue weighted by Gasteiger charge is -2.03. The molecule has 0 spiro atoms. The van der Waals surface area contributed by atoms with E-state index in [0.717, 1.165) is 64.2 Å². The molecule has 5 nitrogen and oxygen atoms in total. The topological polar surface area (TPSA) is 80.7 Å². The van der Waals surface area contributed by atoms with Crippen LogP contribution in [0.3, 0.4) is 0 Å². The Balaban J connectivity index is 3.26. The monoisotopic (exact) mass is 356 g/mol. The number of hydrogen-bond acceptors (Lipinski definition) is 4. The molecular formula is C20H36O5. The van der Waals surface area contributed by atoms with Gasteiger partial charge < -0.3 is 9.84 Å². The van der Waals surface area contributed by atoms with Crippen molar-refractivity contribution in [1.29, 1.82) is 0 Å². The molecule has 0 aromatic heterocycles. The highest BCUT2D eigenvalue weighted by molar-refractivity contribution is 5.78. The highest BCUT2D eigenvalue weighted by Gasteiger charge is 2.05. The third kappa shape index (κ3) is 18.8. The molecule has 0 saturated heterocycles. The molecule has 0 saturated carbocycles. The van der Waals surface area contributed by atoms with Crippen LogP contribution < -0.4 is 0 Å². The molecule has 0 unspecified atom stereocenters. The zero-order valence-corrected chi connectivity index (χ0v) is 15.9. The van der Waals surface area contributed by atoms with Crippen LogP contribution in [0.2, 0.25) is 0 Å². The summed E-state index contributed by atoms with van der Waals surface area (Å²) < 4.78 is 4.56. The third-order valence-electron chi connectivity index (χ3n) is 4.25. The van der Waals surface area contributed by atoms with Crippen molar-refractivity contribution < 1.29 is 24.2 Å². The first kappa shape index (κ1) is 23.6. The van der Waals surface area contributed by atoms with Crippen LogP contribution in [0.15, 0.2) is 0 Å². The lowest BCUT2D eigenvalue weighted by molar-refractivity contribution is -0.155. The first-order valence-corrected chi connectivity index (χ1v) is 9.95. The summed E-state index contributed by atoms with van der Waals surface area (Å²) >= 11 is 0. The molecule has 0 aliphatic heterocycles. The number of esters is 1. The van der Waals surface area contributed by atoms with Gasteiger partial charge in [0, 0.05) is 19.3 Å². The van der Waals surface area contributed by atoms with Crippen LogP contribution >= 0.6 is 0 Å². The maximum absolute atomic E-state index is 11.7. The van der Waals surface area contributed by atoms with Crippen molar-refractivity contribution in [2.75, 3.05) is 6.61 Å². The van der Waals surface area contributed by atoms with Gasteiger partial charge in [0.1, 0.15) is 5.78 Å². The van der Waals surface area contributed by atoms with Crippen LogP contribution in [0.1, 0.15) is 103 Å². The van der Waals surface area contributed by atoms with Gasteiger partial charge in [0.25, 0.3) is 0 Å². The number of unbranched alkanes of at least 4 members (excludes halogenated alkanes) is 10. The van der Waals surface area contributed by atoms with E-state index in [1.807, 2.05) is 0 Å². The van der Waals surface area contributed by atoms with Gasteiger partial charge in [-0.2, -0.15) is 0 Å². The SMILES string of the molecule is CCCCCCCC(=O)CCCCCCCCCC(=O)OCC(=O)O. The zero-order valence-electron chi connectivity index (χ0n) is 15.9. The molecule has 0 amide bonds. The van der Waals surface area contributed by atoms with Gasteiger partial charge in [-0.1, -0.05) is 64.7 Å². The number of carbonyl (C=O) groups is 3. The largest absolute Gasteiger partial charge is 0.479 e. The number of carboxylic acid groups (broad SMARTS) is 1. The van der Waals surface area contributed by atoms with E-state index in [0.29, 0.717) is 12.2 Å². The van der Waals surface area contributed by atoms with Crippen molar-refractivity contribution in [3.8, 4) is 0 Å². The van der Waals surface area contributed by atoms with E-state index in [4.69, 9.17) is 5.11 Å². The van der Waals surface area contributed by atoms with Crippen LogP contribution in [-0.4, -0.2) is 29.4 Å². The van der Waals surface area contributed by atoms with E-state index in [9.17, 15) is 14.4 Å². The summed E-state index contributed by atoms with van der Waals surface area (Å²) in [5, 5.41) is 8.38. The van der Waals surface area contributed by atoms with Crippen molar-refractivity contribution in [1.82, 2.24) is 0 Å². The van der Waals surface area contributed by atoms with Crippen LogP contribution in [0.25, 0.3) is 0 Å². The number of aliphatic carboxylic acids is 1. The molecule has 25 heavy (non-hydrogen) atoms. The van der Waals surface area contributed by atoms with Crippen molar-refractivity contribution in [3.63, 3.8) is 0 Å². The Hall–Kier alpha value is -1.39. The molecule has 0 atom stereocenters. The van der Waals surface area contributed by atoms with E-state index < -0.39 is 18.5 Å². The molecule has 1 N–H and O–H groups in total. The van der Waals surface area contributed by atoms with Gasteiger partial charge in [-0.25, -0.2) is 4.79 Å². The van der Waals surface area contributed by atoms with E-state index in [1.54, 1.807) is 0 Å². The number of hydrogen-bond donors (Lipinski definition) is 1. The second-order valence-electron chi connectivity index (χ2n) is 6.73. The van der Waals surface area contributed by atoms with Crippen LogP contribution in [0.4, 0.5) is 0 Å². The third-order valence-corrected chi connectivity index (χ3v) is 4.25. The number of carbonyl (C=O) groups excluding carboxylic acids is 2. The molecule has 0 bridgehead atoms. The summed E-state index contributed by atoms with van der Waals surface area (Å²) in [5.41, 5.74) is 0. The summed E-state index contributed by atoms with van der Waals surface area (Å²) in [6.45, 7) is 1.65. The fourth-order valence-electron chi connectivity index (χ4n) is 2.74. The van der Waals surface area contributed by atoms with Gasteiger partial charge in [-0.15, -0.1) is 0 Å². The summed E-state index contributed by atoms with van der Waals surface area (Å²) in [7, 11) is 0. The van der Waals surface area contributed by atoms with Crippen molar-refractivity contribution in [3.05, 3.63) is 0 Å². The van der Waals surface area contributed by atoms with E-state index in [-0.39, 0.29) is 0 Å². The number of rotatable bonds is 18. The Morgan fingerprint density at radius 1 is 0.680 bits per heavy atom. The quantitative estimate of drug-likeness (QED) is 0.274. The van der Waals surface area contributed by atoms with Crippen molar-refractivity contribution in [2.45, 2.75) is 103 Å². The number of carboxylic acids is 1. The Bertz CT molecular complexity index is 365. The molecule has 146 valence electrons. The van der Waals surface area contributed by atoms with Gasteiger partial charge in [0.2, 0.25) is 0 Å². The van der Waals surface area contributed by atoms with Gasteiger partial charge in [0.05, 0.1) is 0 Å². The molecular weight excluding hydrogens is 320 g/mol. The molecule has 0 radical (unpaired) electrons. The van der Waals surface area contributed by atoms with Crippen LogP contribution in [0, 0.1) is 0 Å². The predicted molar refractivity (Wildman–Crippen MR) is 98.5 cm³/mol. The predicted octanol–water partition coefficient (Wildman–Crippen LogP) is 5.05. The molecule has 5 heteroatoms. The highest BCUT2D eigenvalue weighted by Crippen LogP contribution is 2.12. The fraction of sp³-hybridized carbons (Fsp3) is 0.850. The number of ketones is 1. The molecule has 0 aliphatic rings. The standard InChI is InChI=1S/C20H36O5/c1-2-3-4-8-11-14-18(21)15-12-9-6-5-7-10-13-16-20(24)25-17-19(22)23/h2-17H2,1H3,(H,22,23). The minimum absolute atomic E-state index is 0.292. The molecule has 0 heterocycles. The zero-order chi connectivity index (χ0) is 18.8. The first-order valence-electron chi connectivity index (χ1n) is 9.95. The molecule has 0 aromatic carbocycles. The molecule has 0 rings (SSSR count). The highest BCUT2D eigenvalue weighted by atomic mass is 16.5. The minimum Gasteiger partial charge on any atom is -0.479 e. The maximum Gasteiger partial charge on any atom is 0.341 e. The summed E-state index contributed by atoms with van der Waals surface area (Å²) in [5.74, 6) is -1.14. The normalized spacial score (nSPS) is 10.6. The average molecular weight is 357 g/mol. The van der Waals surface area contributed by atoms with Gasteiger partial charge in [-0.05, 0) is 19.3 Å². The summed E-state index contributed by atoms with van der Waals surface area (Å²) in [4.78, 5) is 33.2. The lowest BCUT2D eigenvalue weighted by Crippen LogP contribution is -2.12. The molecule has 0 fully saturated rings. The van der Waals surface area contributed by atoms with E-state index >= 15 is 0 Å². The van der Waals surface area contributed by atoms with Crippen molar-refractivity contribution >= 4 is 17.7 Å². The number of Topliss-reactive ketones (excluding diaryl/α,β-unsaturated/α-hetero) is 1. The summed E-state index contributed by atoms with van der Waals surface area (Å²) in [6.07, 6.45) is 14.9. The van der Waals surface area contributed by atoms with Gasteiger partial charge in [-0.3, -0.25) is 9.59 Å². The smallest absolute Gasteiger partial charge is 0.341 e. The molecule has 0 aromatic rings. The minimum atomic E-state index is -1.12. The number of ether oxygens (including phenoxy) is 1. The first-order chi connectivity index (χ1) is 12.1. The van der Waals surface area contributed by atoms with Gasteiger partial charge >= 0.3 is 11.9 Å². The molecule has 0 aliphatic carbocycles. The summed E-state index contributed by atoms with van der Waals surface area (Å²) in [6, 6.07) is 0. The Kier molecular flexibility index (Phi) is 16.5. The Morgan fingerprint density at radius 3 is 1.60 bits per heavy atom. The van der Waals surface area contributed by atoms with Crippen LogP contribution in [0.5, 0.6) is 0 Å². The van der Waals surface area contributed by atoms with Gasteiger partial charge in [0.15, 0.2) is 6.61 Å². The average Bonchev–Trinajstić information content (AvgIpc) is 2.58. The Morgan fingerprint density at radius 2 is 1.12 bits per heavy atom. The second kappa shape index (κ2) is 17.4. The lowest BCUT2D eigenvalue weighted by atomic mass is 10.0. The second-order valence-corrected chi connectivity index (χ2v) is 6.73. The maximum atomic E-state index is 11.7. The fourth-order valence-corrected chi connectivity index (χ4v) is 2.74.